The highest BCUT2D eigenvalue weighted by atomic mass is 16.5. The average molecular weight is 739 g/mol. The number of benzene rings is 8. The summed E-state index contributed by atoms with van der Waals surface area (Å²) < 4.78 is 13.7. The first-order valence-corrected chi connectivity index (χ1v) is 20.0. The standard InChI is InChI=1S/C53H42N2O2/c1-5-18-38(19-6-1)40-22-15-25-42(36-40)54(43-26-17-29-45(37-43)56-44-27-10-4-11-28-44)49-34-35-50-53(52(49)47-31-16-21-39-20-7-2-12-30-46(39)47)57-51-33-14-13-32-48(51)55(50)41-23-8-3-9-24-41/h1,3-6,8-11,13-19,21-29,31-37H,2,7,12,20,30H2. The normalized spacial score (nSPS) is 13.0. The van der Waals surface area contributed by atoms with Crippen LogP contribution in [0.3, 0.4) is 0 Å². The number of anilines is 6. The molecule has 4 heteroatoms. The lowest BCUT2D eigenvalue weighted by molar-refractivity contribution is 0.479. The third-order valence-corrected chi connectivity index (χ3v) is 11.1. The van der Waals surface area contributed by atoms with E-state index >= 15 is 0 Å². The molecule has 0 saturated heterocycles. The van der Waals surface area contributed by atoms with Gasteiger partial charge in [-0.25, -0.2) is 0 Å². The van der Waals surface area contributed by atoms with E-state index in [1.54, 1.807) is 0 Å². The lowest BCUT2D eigenvalue weighted by atomic mass is 9.89. The van der Waals surface area contributed by atoms with Gasteiger partial charge in [0.2, 0.25) is 0 Å². The molecule has 0 unspecified atom stereocenters. The van der Waals surface area contributed by atoms with E-state index in [9.17, 15) is 0 Å². The first kappa shape index (κ1) is 34.5. The molecule has 276 valence electrons. The largest absolute Gasteiger partial charge is 0.457 e. The summed E-state index contributed by atoms with van der Waals surface area (Å²) in [6, 6.07) is 68.3. The maximum Gasteiger partial charge on any atom is 0.161 e. The molecular weight excluding hydrogens is 697 g/mol. The van der Waals surface area contributed by atoms with Crippen LogP contribution in [-0.2, 0) is 12.8 Å². The Hall–Kier alpha value is -7.04. The Morgan fingerprint density at radius 1 is 0.491 bits per heavy atom. The highest BCUT2D eigenvalue weighted by molar-refractivity contribution is 6.00. The fourth-order valence-corrected chi connectivity index (χ4v) is 8.50. The molecule has 0 saturated carbocycles. The molecule has 0 bridgehead atoms. The van der Waals surface area contributed by atoms with Crippen LogP contribution in [0.15, 0.2) is 194 Å². The second-order valence-electron chi connectivity index (χ2n) is 14.7. The van der Waals surface area contributed by atoms with E-state index < -0.39 is 0 Å². The molecule has 10 rings (SSSR count). The van der Waals surface area contributed by atoms with Crippen LogP contribution >= 0.6 is 0 Å². The van der Waals surface area contributed by atoms with Crippen LogP contribution in [0.1, 0.15) is 30.4 Å². The van der Waals surface area contributed by atoms with E-state index in [0.29, 0.717) is 0 Å². The zero-order valence-corrected chi connectivity index (χ0v) is 31.7. The minimum Gasteiger partial charge on any atom is -0.457 e. The number of ether oxygens (including phenoxy) is 2. The number of aryl methyl sites for hydroxylation is 1. The first-order chi connectivity index (χ1) is 28.3. The summed E-state index contributed by atoms with van der Waals surface area (Å²) in [6.07, 6.45) is 5.70. The van der Waals surface area contributed by atoms with Crippen LogP contribution in [-0.4, -0.2) is 0 Å². The molecule has 57 heavy (non-hydrogen) atoms. The fourth-order valence-electron chi connectivity index (χ4n) is 8.50. The van der Waals surface area contributed by atoms with Gasteiger partial charge in [0.05, 0.1) is 22.6 Å². The maximum absolute atomic E-state index is 7.20. The topological polar surface area (TPSA) is 24.9 Å². The summed E-state index contributed by atoms with van der Waals surface area (Å²) in [5, 5.41) is 0. The zero-order valence-electron chi connectivity index (χ0n) is 31.7. The van der Waals surface area contributed by atoms with Crippen molar-refractivity contribution in [2.24, 2.45) is 0 Å². The predicted octanol–water partition coefficient (Wildman–Crippen LogP) is 15.1. The van der Waals surface area contributed by atoms with E-state index in [-0.39, 0.29) is 0 Å². The van der Waals surface area contributed by atoms with Crippen molar-refractivity contribution in [3.8, 4) is 45.3 Å². The summed E-state index contributed by atoms with van der Waals surface area (Å²) in [5.41, 5.74) is 13.6. The van der Waals surface area contributed by atoms with Crippen LogP contribution in [0, 0.1) is 0 Å². The van der Waals surface area contributed by atoms with Gasteiger partial charge in [0.1, 0.15) is 11.5 Å². The van der Waals surface area contributed by atoms with Crippen molar-refractivity contribution in [1.82, 2.24) is 0 Å². The lowest BCUT2D eigenvalue weighted by Crippen LogP contribution is -2.18. The highest BCUT2D eigenvalue weighted by Crippen LogP contribution is 2.58. The fraction of sp³-hybridized carbons (Fsp3) is 0.0943. The molecule has 2 aliphatic rings. The SMILES string of the molecule is c1ccc(Oc2cccc(N(c3cccc(-c4ccccc4)c3)c3ccc4c(c3-c3cccc5c3CCCCC5)Oc3ccccc3N4c3ccccc3)c2)cc1. The third kappa shape index (κ3) is 6.70. The Bertz CT molecular complexity index is 2680. The Balaban J connectivity index is 1.25. The van der Waals surface area contributed by atoms with Crippen molar-refractivity contribution in [2.75, 3.05) is 9.80 Å². The van der Waals surface area contributed by atoms with Crippen molar-refractivity contribution >= 4 is 34.1 Å². The van der Waals surface area contributed by atoms with Gasteiger partial charge < -0.3 is 19.3 Å². The predicted molar refractivity (Wildman–Crippen MR) is 235 cm³/mol. The second-order valence-corrected chi connectivity index (χ2v) is 14.7. The Labute approximate surface area is 334 Å². The molecule has 0 radical (unpaired) electrons. The van der Waals surface area contributed by atoms with E-state index in [4.69, 9.17) is 9.47 Å². The van der Waals surface area contributed by atoms with Crippen molar-refractivity contribution in [2.45, 2.75) is 32.1 Å². The summed E-state index contributed by atoms with van der Waals surface area (Å²) in [7, 11) is 0. The van der Waals surface area contributed by atoms with Gasteiger partial charge in [0.15, 0.2) is 11.5 Å². The van der Waals surface area contributed by atoms with Gasteiger partial charge in [-0.1, -0.05) is 122 Å². The quantitative estimate of drug-likeness (QED) is 0.145. The summed E-state index contributed by atoms with van der Waals surface area (Å²) >= 11 is 0. The number of fused-ring (bicyclic) bond motifs is 3. The van der Waals surface area contributed by atoms with E-state index in [1.165, 1.54) is 29.5 Å². The van der Waals surface area contributed by atoms with Crippen molar-refractivity contribution in [3.05, 3.63) is 205 Å². The Kier molecular flexibility index (Phi) is 9.21. The van der Waals surface area contributed by atoms with Crippen LogP contribution < -0.4 is 19.3 Å². The van der Waals surface area contributed by atoms with E-state index in [0.717, 1.165) is 93.1 Å². The second kappa shape index (κ2) is 15.2. The summed E-state index contributed by atoms with van der Waals surface area (Å²) in [6.45, 7) is 0. The summed E-state index contributed by atoms with van der Waals surface area (Å²) in [5.74, 6) is 3.22. The molecule has 8 aromatic rings. The molecule has 4 nitrogen and oxygen atoms in total. The molecule has 8 aromatic carbocycles. The van der Waals surface area contributed by atoms with Crippen LogP contribution in [0.5, 0.6) is 23.0 Å². The van der Waals surface area contributed by atoms with Gasteiger partial charge in [0.25, 0.3) is 0 Å². The van der Waals surface area contributed by atoms with Gasteiger partial charge >= 0.3 is 0 Å². The van der Waals surface area contributed by atoms with E-state index in [1.807, 2.05) is 36.4 Å². The van der Waals surface area contributed by atoms with Gasteiger partial charge in [0, 0.05) is 23.1 Å². The Morgan fingerprint density at radius 3 is 2.00 bits per heavy atom. The average Bonchev–Trinajstić information content (AvgIpc) is 3.53. The first-order valence-electron chi connectivity index (χ1n) is 20.0. The maximum atomic E-state index is 7.20. The number of rotatable bonds is 8. The Morgan fingerprint density at radius 2 is 1.16 bits per heavy atom. The number of para-hydroxylation sites is 4. The number of nitrogens with zero attached hydrogens (tertiary/aromatic N) is 2. The number of hydrogen-bond acceptors (Lipinski definition) is 4. The molecule has 1 aliphatic heterocycles. The van der Waals surface area contributed by atoms with Crippen molar-refractivity contribution in [1.29, 1.82) is 0 Å². The minimum absolute atomic E-state index is 0.761. The third-order valence-electron chi connectivity index (χ3n) is 11.1. The number of hydrogen-bond donors (Lipinski definition) is 0. The molecule has 0 spiro atoms. The molecule has 0 N–H and O–H groups in total. The van der Waals surface area contributed by atoms with Gasteiger partial charge in [-0.15, -0.1) is 0 Å². The minimum atomic E-state index is 0.761. The van der Waals surface area contributed by atoms with Gasteiger partial charge in [-0.05, 0) is 126 Å². The molecule has 0 amide bonds. The van der Waals surface area contributed by atoms with Gasteiger partial charge in [-0.2, -0.15) is 0 Å². The zero-order chi connectivity index (χ0) is 38.0. The highest BCUT2D eigenvalue weighted by Gasteiger charge is 2.33. The molecule has 1 aliphatic carbocycles. The smallest absolute Gasteiger partial charge is 0.161 e. The van der Waals surface area contributed by atoms with Crippen molar-refractivity contribution < 1.29 is 9.47 Å². The summed E-state index contributed by atoms with van der Waals surface area (Å²) in [4.78, 5) is 4.73. The van der Waals surface area contributed by atoms with E-state index in [2.05, 4.69) is 168 Å². The van der Waals surface area contributed by atoms with Crippen LogP contribution in [0.2, 0.25) is 0 Å². The molecule has 1 heterocycles. The monoisotopic (exact) mass is 738 g/mol. The molecule has 0 aromatic heterocycles. The van der Waals surface area contributed by atoms with Crippen LogP contribution in [0.25, 0.3) is 22.3 Å². The molecule has 0 atom stereocenters. The molecular formula is C53H42N2O2. The lowest BCUT2D eigenvalue weighted by Gasteiger charge is -2.36. The van der Waals surface area contributed by atoms with Gasteiger partial charge in [-0.3, -0.25) is 0 Å². The van der Waals surface area contributed by atoms with Crippen molar-refractivity contribution in [3.63, 3.8) is 0 Å². The molecule has 0 fully saturated rings. The van der Waals surface area contributed by atoms with Crippen LogP contribution in [0.4, 0.5) is 34.1 Å².